The number of rotatable bonds is 5. The van der Waals surface area contributed by atoms with Crippen molar-refractivity contribution < 1.29 is 22.7 Å². The molecule has 12 heteroatoms. The van der Waals surface area contributed by atoms with Gasteiger partial charge in [0.25, 0.3) is 0 Å². The predicted octanol–water partition coefficient (Wildman–Crippen LogP) is 3.10. The van der Waals surface area contributed by atoms with Crippen molar-refractivity contribution in [3.05, 3.63) is 29.5 Å². The average Bonchev–Trinajstić information content (AvgIpc) is 3.19. The van der Waals surface area contributed by atoms with Gasteiger partial charge in [-0.15, -0.1) is 11.3 Å². The number of pyridine rings is 1. The fourth-order valence-electron chi connectivity index (χ4n) is 3.10. The minimum Gasteiger partial charge on any atom is -0.366 e. The summed E-state index contributed by atoms with van der Waals surface area (Å²) in [5, 5.41) is 12.5. The Kier molecular flexibility index (Phi) is 5.48. The molecule has 0 aromatic carbocycles. The number of nitrogens with zero attached hydrogens (tertiary/aromatic N) is 4. The zero-order valence-electron chi connectivity index (χ0n) is 15.1. The summed E-state index contributed by atoms with van der Waals surface area (Å²) < 4.78 is 45.3. The van der Waals surface area contributed by atoms with Crippen LogP contribution in [0.1, 0.15) is 23.3 Å². The van der Waals surface area contributed by atoms with Gasteiger partial charge in [0.2, 0.25) is 0 Å². The summed E-state index contributed by atoms with van der Waals surface area (Å²) >= 11 is 1.29. The normalized spacial score (nSPS) is 18.0. The van der Waals surface area contributed by atoms with Gasteiger partial charge in [0.1, 0.15) is 12.2 Å². The number of carbonyl (C=O) groups excluding carboxylic acids is 1. The van der Waals surface area contributed by atoms with E-state index < -0.39 is 18.8 Å². The van der Waals surface area contributed by atoms with E-state index in [2.05, 4.69) is 25.7 Å². The minimum absolute atomic E-state index is 0.0843. The molecule has 154 valence electrons. The van der Waals surface area contributed by atoms with Gasteiger partial charge >= 0.3 is 6.18 Å². The second kappa shape index (κ2) is 8.05. The van der Waals surface area contributed by atoms with Gasteiger partial charge in [0.15, 0.2) is 16.7 Å². The smallest absolute Gasteiger partial charge is 0.366 e. The van der Waals surface area contributed by atoms with Crippen molar-refractivity contribution in [2.24, 2.45) is 0 Å². The van der Waals surface area contributed by atoms with Gasteiger partial charge in [-0.3, -0.25) is 19.8 Å². The fourth-order valence-corrected chi connectivity index (χ4v) is 3.63. The highest BCUT2D eigenvalue weighted by Gasteiger charge is 2.31. The summed E-state index contributed by atoms with van der Waals surface area (Å²) in [5.74, 6) is -0.0849. The van der Waals surface area contributed by atoms with Crippen LogP contribution < -0.4 is 10.6 Å². The summed E-state index contributed by atoms with van der Waals surface area (Å²) in [4.78, 5) is 21.0. The number of anilines is 2. The fraction of sp³-hybridized carbons (Fsp3) is 0.412. The first-order valence-corrected chi connectivity index (χ1v) is 9.74. The van der Waals surface area contributed by atoms with Crippen molar-refractivity contribution in [3.63, 3.8) is 0 Å². The van der Waals surface area contributed by atoms with Crippen LogP contribution in [-0.4, -0.2) is 51.1 Å². The Morgan fingerprint density at radius 1 is 1.41 bits per heavy atom. The van der Waals surface area contributed by atoms with Gasteiger partial charge in [0, 0.05) is 24.4 Å². The number of halogens is 3. The number of thiazole rings is 1. The third-order valence-electron chi connectivity index (χ3n) is 4.40. The van der Waals surface area contributed by atoms with Gasteiger partial charge < -0.3 is 10.1 Å². The Bertz CT molecular complexity index is 997. The Labute approximate surface area is 167 Å². The second-order valence-electron chi connectivity index (χ2n) is 6.49. The summed E-state index contributed by atoms with van der Waals surface area (Å²) in [6.07, 6.45) is -0.256. The van der Waals surface area contributed by atoms with E-state index in [4.69, 9.17) is 4.74 Å². The van der Waals surface area contributed by atoms with Crippen molar-refractivity contribution in [2.75, 3.05) is 18.7 Å². The number of carbonyl (C=O) groups is 1. The summed E-state index contributed by atoms with van der Waals surface area (Å²) in [6, 6.07) is 0.867. The van der Waals surface area contributed by atoms with Crippen LogP contribution in [0.4, 0.5) is 24.1 Å². The van der Waals surface area contributed by atoms with E-state index in [1.165, 1.54) is 23.6 Å². The predicted molar refractivity (Wildman–Crippen MR) is 100 cm³/mol. The van der Waals surface area contributed by atoms with Crippen molar-refractivity contribution >= 4 is 39.0 Å². The molecule has 2 N–H and O–H groups in total. The largest absolute Gasteiger partial charge is 0.408 e. The molecule has 1 saturated heterocycles. The zero-order chi connectivity index (χ0) is 20.4. The number of hydrogen-bond acceptors (Lipinski definition) is 8. The molecule has 0 amide bonds. The molecule has 3 aromatic heterocycles. The van der Waals surface area contributed by atoms with E-state index in [0.717, 1.165) is 4.68 Å². The van der Waals surface area contributed by atoms with E-state index >= 15 is 0 Å². The van der Waals surface area contributed by atoms with Crippen LogP contribution in [0.15, 0.2) is 23.8 Å². The Balaban J connectivity index is 1.71. The van der Waals surface area contributed by atoms with Crippen LogP contribution in [0.5, 0.6) is 0 Å². The lowest BCUT2D eigenvalue weighted by Crippen LogP contribution is -2.36. The maximum absolute atomic E-state index is 13.1. The van der Waals surface area contributed by atoms with Gasteiger partial charge in [0.05, 0.1) is 23.7 Å². The van der Waals surface area contributed by atoms with Gasteiger partial charge in [-0.25, -0.2) is 4.98 Å². The molecular weight excluding hydrogens is 409 g/mol. The maximum Gasteiger partial charge on any atom is 0.408 e. The summed E-state index contributed by atoms with van der Waals surface area (Å²) in [5.41, 5.74) is 0.255. The van der Waals surface area contributed by atoms with Crippen molar-refractivity contribution in [1.29, 1.82) is 0 Å². The highest BCUT2D eigenvalue weighted by atomic mass is 32.1. The molecule has 0 radical (unpaired) electrons. The third kappa shape index (κ3) is 4.54. The highest BCUT2D eigenvalue weighted by Crippen LogP contribution is 2.29. The zero-order valence-corrected chi connectivity index (χ0v) is 15.9. The topological polar surface area (TPSA) is 94.0 Å². The van der Waals surface area contributed by atoms with Crippen molar-refractivity contribution in [3.8, 4) is 0 Å². The molecule has 1 fully saturated rings. The maximum atomic E-state index is 13.1. The van der Waals surface area contributed by atoms with Gasteiger partial charge in [-0.2, -0.15) is 18.3 Å². The van der Waals surface area contributed by atoms with Gasteiger partial charge in [-0.05, 0) is 18.9 Å². The quantitative estimate of drug-likeness (QED) is 0.606. The minimum atomic E-state index is -4.47. The van der Waals surface area contributed by atoms with Crippen LogP contribution in [-0.2, 0) is 11.3 Å². The molecular formula is C17H17F3N6O2S. The van der Waals surface area contributed by atoms with E-state index in [1.807, 2.05) is 0 Å². The molecule has 1 unspecified atom stereocenters. The van der Waals surface area contributed by atoms with Crippen LogP contribution in [0.25, 0.3) is 10.9 Å². The third-order valence-corrected chi connectivity index (χ3v) is 5.09. The number of ether oxygens (including phenoxy) is 1. The molecule has 1 aliphatic rings. The molecule has 1 atom stereocenters. The van der Waals surface area contributed by atoms with Crippen LogP contribution in [0, 0.1) is 0 Å². The summed E-state index contributed by atoms with van der Waals surface area (Å²) in [7, 11) is 0. The molecule has 4 rings (SSSR count). The first-order chi connectivity index (χ1) is 13.9. The average molecular weight is 426 g/mol. The lowest BCUT2D eigenvalue weighted by Gasteiger charge is -2.13. The molecule has 0 aliphatic carbocycles. The number of alkyl halides is 3. The Morgan fingerprint density at radius 3 is 3.03 bits per heavy atom. The van der Waals surface area contributed by atoms with E-state index in [-0.39, 0.29) is 29.5 Å². The highest BCUT2D eigenvalue weighted by molar-refractivity contribution is 7.13. The summed E-state index contributed by atoms with van der Waals surface area (Å²) in [6.45, 7) is -0.490. The van der Waals surface area contributed by atoms with E-state index in [9.17, 15) is 18.0 Å². The molecule has 4 heterocycles. The first kappa shape index (κ1) is 19.7. The standard InChI is InChI=1S/C17H17F3N6O2S/c18-17(19,20)8-26-13-6-12(14(27)11-2-1-4-28-9-23-11)22-7-10(13)15(25-26)24-16-21-3-5-29-16/h3,5-7,11,23H,1-2,4,8-9H2,(H,21,24,25). The van der Waals surface area contributed by atoms with E-state index in [1.54, 1.807) is 11.6 Å². The Morgan fingerprint density at radius 2 is 2.28 bits per heavy atom. The number of ketones is 1. The number of nitrogens with one attached hydrogen (secondary N) is 2. The number of fused-ring (bicyclic) bond motifs is 1. The molecule has 29 heavy (non-hydrogen) atoms. The van der Waals surface area contributed by atoms with Crippen molar-refractivity contribution in [2.45, 2.75) is 31.6 Å². The first-order valence-electron chi connectivity index (χ1n) is 8.86. The molecule has 0 spiro atoms. The molecule has 1 aliphatic heterocycles. The number of aromatic nitrogens is 4. The molecule has 0 bridgehead atoms. The van der Waals surface area contributed by atoms with Crippen LogP contribution >= 0.6 is 11.3 Å². The van der Waals surface area contributed by atoms with E-state index in [0.29, 0.717) is 30.0 Å². The SMILES string of the molecule is O=C(c1cc2c(cn1)c(Nc1nccs1)nn2CC(F)(F)F)C1CCCOCN1. The van der Waals surface area contributed by atoms with Crippen LogP contribution in [0.3, 0.4) is 0 Å². The van der Waals surface area contributed by atoms with Crippen LogP contribution in [0.2, 0.25) is 0 Å². The lowest BCUT2D eigenvalue weighted by molar-refractivity contribution is -0.141. The Hall–Kier alpha value is -2.57. The number of hydrogen-bond donors (Lipinski definition) is 2. The second-order valence-corrected chi connectivity index (χ2v) is 7.38. The monoisotopic (exact) mass is 426 g/mol. The van der Waals surface area contributed by atoms with Crippen molar-refractivity contribution in [1.82, 2.24) is 25.1 Å². The molecule has 8 nitrogen and oxygen atoms in total. The lowest BCUT2D eigenvalue weighted by atomic mass is 10.0. The molecule has 0 saturated carbocycles. The molecule has 3 aromatic rings. The van der Waals surface area contributed by atoms with Gasteiger partial charge in [-0.1, -0.05) is 0 Å². The number of Topliss-reactive ketones (excluding diaryl/α,β-unsaturated/α-hetero) is 1.